The van der Waals surface area contributed by atoms with Crippen molar-refractivity contribution in [3.63, 3.8) is 0 Å². The summed E-state index contributed by atoms with van der Waals surface area (Å²) in [5, 5.41) is 14.0. The van der Waals surface area contributed by atoms with Gasteiger partial charge in [-0.25, -0.2) is 4.98 Å². The molecule has 7 nitrogen and oxygen atoms in total. The lowest BCUT2D eigenvalue weighted by atomic mass is 10.2. The number of aryl methyl sites for hydroxylation is 1. The maximum absolute atomic E-state index is 10.8. The highest BCUT2D eigenvalue weighted by molar-refractivity contribution is 5.57. The molecule has 2 N–H and O–H groups in total. The topological polar surface area (TPSA) is 93.1 Å². The van der Waals surface area contributed by atoms with E-state index in [1.165, 1.54) is 13.2 Å². The number of imidazole rings is 1. The van der Waals surface area contributed by atoms with Crippen LogP contribution in [0, 0.1) is 10.1 Å². The Morgan fingerprint density at radius 1 is 1.50 bits per heavy atom. The van der Waals surface area contributed by atoms with Crippen molar-refractivity contribution in [3.05, 3.63) is 46.5 Å². The number of nitro benzene ring substituents is 1. The maximum atomic E-state index is 10.8. The molecule has 0 aliphatic carbocycles. The molecule has 0 unspecified atom stereocenters. The lowest BCUT2D eigenvalue weighted by Gasteiger charge is -2.08. The van der Waals surface area contributed by atoms with Crippen molar-refractivity contribution in [3.8, 4) is 5.75 Å². The molecular formula is C13H16N4O3. The Hall–Kier alpha value is -2.57. The van der Waals surface area contributed by atoms with Gasteiger partial charge in [-0.2, -0.15) is 0 Å². The molecule has 0 amide bonds. The zero-order valence-corrected chi connectivity index (χ0v) is 11.1. The summed E-state index contributed by atoms with van der Waals surface area (Å²) >= 11 is 0. The van der Waals surface area contributed by atoms with Crippen molar-refractivity contribution in [2.24, 2.45) is 0 Å². The van der Waals surface area contributed by atoms with Gasteiger partial charge in [0.05, 0.1) is 12.0 Å². The van der Waals surface area contributed by atoms with E-state index in [0.717, 1.165) is 30.9 Å². The van der Waals surface area contributed by atoms with Gasteiger partial charge >= 0.3 is 5.69 Å². The fraction of sp³-hybridized carbons (Fsp3) is 0.308. The van der Waals surface area contributed by atoms with Crippen LogP contribution in [0.4, 0.5) is 11.4 Å². The van der Waals surface area contributed by atoms with Gasteiger partial charge in [0.25, 0.3) is 0 Å². The number of aromatic amines is 1. The number of nitro groups is 1. The van der Waals surface area contributed by atoms with Crippen molar-refractivity contribution in [2.75, 3.05) is 19.0 Å². The van der Waals surface area contributed by atoms with E-state index >= 15 is 0 Å². The van der Waals surface area contributed by atoms with E-state index in [2.05, 4.69) is 15.3 Å². The highest BCUT2D eigenvalue weighted by Gasteiger charge is 2.14. The number of benzene rings is 1. The Labute approximate surface area is 116 Å². The third kappa shape index (κ3) is 3.47. The lowest BCUT2D eigenvalue weighted by molar-refractivity contribution is -0.385. The molecule has 1 aromatic heterocycles. The SMILES string of the molecule is COc1cc(NCCCc2ncc[nH]2)ccc1[N+](=O)[O-]. The second-order valence-electron chi connectivity index (χ2n) is 4.21. The van der Waals surface area contributed by atoms with Gasteiger partial charge in [-0.3, -0.25) is 10.1 Å². The summed E-state index contributed by atoms with van der Waals surface area (Å²) in [5.74, 6) is 1.21. The van der Waals surface area contributed by atoms with Crippen LogP contribution in [-0.2, 0) is 6.42 Å². The van der Waals surface area contributed by atoms with Gasteiger partial charge in [0.15, 0.2) is 5.75 Å². The van der Waals surface area contributed by atoms with Crippen molar-refractivity contribution < 1.29 is 9.66 Å². The quantitative estimate of drug-likeness (QED) is 0.460. The van der Waals surface area contributed by atoms with E-state index < -0.39 is 4.92 Å². The van der Waals surface area contributed by atoms with E-state index in [4.69, 9.17) is 4.74 Å². The number of ether oxygens (including phenoxy) is 1. The molecule has 0 fully saturated rings. The van der Waals surface area contributed by atoms with Gasteiger partial charge in [0, 0.05) is 43.2 Å². The fourth-order valence-corrected chi connectivity index (χ4v) is 1.86. The third-order valence-electron chi connectivity index (χ3n) is 2.85. The van der Waals surface area contributed by atoms with Crippen LogP contribution in [0.3, 0.4) is 0 Å². The summed E-state index contributed by atoms with van der Waals surface area (Å²) in [7, 11) is 1.42. The van der Waals surface area contributed by atoms with Crippen LogP contribution in [-0.4, -0.2) is 28.5 Å². The van der Waals surface area contributed by atoms with Gasteiger partial charge < -0.3 is 15.0 Å². The van der Waals surface area contributed by atoms with Crippen LogP contribution in [0.15, 0.2) is 30.6 Å². The van der Waals surface area contributed by atoms with Crippen LogP contribution in [0.5, 0.6) is 5.75 Å². The molecule has 1 heterocycles. The van der Waals surface area contributed by atoms with Crippen molar-refractivity contribution in [2.45, 2.75) is 12.8 Å². The van der Waals surface area contributed by atoms with E-state index in [0.29, 0.717) is 0 Å². The molecule has 2 rings (SSSR count). The Bertz CT molecular complexity index is 569. The number of nitrogens with zero attached hydrogens (tertiary/aromatic N) is 2. The first-order valence-electron chi connectivity index (χ1n) is 6.25. The fourth-order valence-electron chi connectivity index (χ4n) is 1.86. The summed E-state index contributed by atoms with van der Waals surface area (Å²) in [6.45, 7) is 0.752. The van der Waals surface area contributed by atoms with E-state index in [9.17, 15) is 10.1 Å². The number of hydrogen-bond acceptors (Lipinski definition) is 5. The number of H-pyrrole nitrogens is 1. The number of hydrogen-bond donors (Lipinski definition) is 2. The lowest BCUT2D eigenvalue weighted by Crippen LogP contribution is -2.04. The van der Waals surface area contributed by atoms with Crippen molar-refractivity contribution >= 4 is 11.4 Å². The van der Waals surface area contributed by atoms with Gasteiger partial charge in [-0.05, 0) is 12.5 Å². The van der Waals surface area contributed by atoms with Gasteiger partial charge in [0.2, 0.25) is 0 Å². The smallest absolute Gasteiger partial charge is 0.311 e. The van der Waals surface area contributed by atoms with Gasteiger partial charge in [-0.15, -0.1) is 0 Å². The summed E-state index contributed by atoms with van der Waals surface area (Å²) in [6, 6.07) is 4.74. The molecule has 0 radical (unpaired) electrons. The van der Waals surface area contributed by atoms with Crippen LogP contribution in [0.2, 0.25) is 0 Å². The van der Waals surface area contributed by atoms with Crippen molar-refractivity contribution in [1.29, 1.82) is 0 Å². The Balaban J connectivity index is 1.88. The predicted molar refractivity (Wildman–Crippen MR) is 75.0 cm³/mol. The first-order chi connectivity index (χ1) is 9.70. The molecule has 0 aliphatic rings. The average Bonchev–Trinajstić information content (AvgIpc) is 2.96. The maximum Gasteiger partial charge on any atom is 0.311 e. The van der Waals surface area contributed by atoms with Gasteiger partial charge in [0.1, 0.15) is 5.82 Å². The highest BCUT2D eigenvalue weighted by atomic mass is 16.6. The molecule has 0 saturated carbocycles. The minimum Gasteiger partial charge on any atom is -0.490 e. The summed E-state index contributed by atoms with van der Waals surface area (Å²) in [5.41, 5.74) is 0.764. The zero-order chi connectivity index (χ0) is 14.4. The number of aromatic nitrogens is 2. The van der Waals surface area contributed by atoms with E-state index in [1.54, 1.807) is 24.5 Å². The molecule has 20 heavy (non-hydrogen) atoms. The number of rotatable bonds is 7. The van der Waals surface area contributed by atoms with Crippen LogP contribution < -0.4 is 10.1 Å². The number of methoxy groups -OCH3 is 1. The number of anilines is 1. The molecule has 1 aromatic carbocycles. The second kappa shape index (κ2) is 6.55. The summed E-state index contributed by atoms with van der Waals surface area (Å²) in [6.07, 6.45) is 5.28. The van der Waals surface area contributed by atoms with Crippen LogP contribution in [0.25, 0.3) is 0 Å². The van der Waals surface area contributed by atoms with Crippen LogP contribution >= 0.6 is 0 Å². The first kappa shape index (κ1) is 13.9. The Morgan fingerprint density at radius 3 is 3.00 bits per heavy atom. The molecule has 7 heteroatoms. The average molecular weight is 276 g/mol. The molecule has 0 atom stereocenters. The third-order valence-corrected chi connectivity index (χ3v) is 2.85. The van der Waals surface area contributed by atoms with Crippen LogP contribution in [0.1, 0.15) is 12.2 Å². The molecule has 106 valence electrons. The minimum absolute atomic E-state index is 0.0337. The molecule has 0 bridgehead atoms. The normalized spacial score (nSPS) is 10.2. The van der Waals surface area contributed by atoms with E-state index in [1.807, 2.05) is 0 Å². The monoisotopic (exact) mass is 276 g/mol. The minimum atomic E-state index is -0.459. The molecule has 0 spiro atoms. The highest BCUT2D eigenvalue weighted by Crippen LogP contribution is 2.29. The second-order valence-corrected chi connectivity index (χ2v) is 4.21. The standard InChI is InChI=1S/C13H16N4O3/c1-20-12-9-10(4-5-11(12)17(18)19)14-6-2-3-13-15-7-8-16-13/h4-5,7-9,14H,2-3,6H2,1H3,(H,15,16). The largest absolute Gasteiger partial charge is 0.490 e. The summed E-state index contributed by atoms with van der Waals surface area (Å²) in [4.78, 5) is 17.5. The molecular weight excluding hydrogens is 260 g/mol. The molecule has 2 aromatic rings. The number of nitrogens with one attached hydrogen (secondary N) is 2. The van der Waals surface area contributed by atoms with Crippen molar-refractivity contribution in [1.82, 2.24) is 9.97 Å². The van der Waals surface area contributed by atoms with Gasteiger partial charge in [-0.1, -0.05) is 0 Å². The van der Waals surface area contributed by atoms with E-state index in [-0.39, 0.29) is 11.4 Å². The molecule has 0 saturated heterocycles. The predicted octanol–water partition coefficient (Wildman–Crippen LogP) is 2.37. The summed E-state index contributed by atoms with van der Waals surface area (Å²) < 4.78 is 5.02. The first-order valence-corrected chi connectivity index (χ1v) is 6.25. The zero-order valence-electron chi connectivity index (χ0n) is 11.1. The Kier molecular flexibility index (Phi) is 4.54. The molecule has 0 aliphatic heterocycles. The Morgan fingerprint density at radius 2 is 2.35 bits per heavy atom.